The van der Waals surface area contributed by atoms with Crippen molar-refractivity contribution in [2.75, 3.05) is 5.75 Å². The van der Waals surface area contributed by atoms with Gasteiger partial charge in [0.25, 0.3) is 5.56 Å². The van der Waals surface area contributed by atoms with E-state index in [0.29, 0.717) is 22.6 Å². The molecule has 0 saturated heterocycles. The zero-order valence-corrected chi connectivity index (χ0v) is 17.5. The smallest absolute Gasteiger partial charge is 0.262 e. The Labute approximate surface area is 174 Å². The number of aryl methyl sites for hydroxylation is 1. The summed E-state index contributed by atoms with van der Waals surface area (Å²) in [6.45, 7) is 8.16. The summed E-state index contributed by atoms with van der Waals surface area (Å²) in [5.41, 5.74) is 2.79. The fourth-order valence-corrected chi connectivity index (χ4v) is 3.95. The van der Waals surface area contributed by atoms with Crippen molar-refractivity contribution in [1.29, 1.82) is 0 Å². The normalized spacial score (nSPS) is 11.9. The first-order valence-electron chi connectivity index (χ1n) is 9.62. The Balaban J connectivity index is 1.76. The monoisotopic (exact) mass is 407 g/mol. The van der Waals surface area contributed by atoms with Crippen molar-refractivity contribution in [3.8, 4) is 0 Å². The maximum absolute atomic E-state index is 12.8. The topological polar surface area (TPSA) is 64.0 Å². The van der Waals surface area contributed by atoms with Crippen molar-refractivity contribution in [3.05, 3.63) is 82.7 Å². The summed E-state index contributed by atoms with van der Waals surface area (Å²) >= 11 is 1.27. The number of thioether (sulfide) groups is 1. The van der Waals surface area contributed by atoms with Gasteiger partial charge in [-0.15, -0.1) is 6.58 Å². The Morgan fingerprint density at radius 3 is 2.66 bits per heavy atom. The molecular weight excluding hydrogens is 382 g/mol. The minimum absolute atomic E-state index is 0.0383. The highest BCUT2D eigenvalue weighted by Gasteiger charge is 2.15. The van der Waals surface area contributed by atoms with E-state index in [9.17, 15) is 9.59 Å². The molecule has 0 aliphatic carbocycles. The van der Waals surface area contributed by atoms with Gasteiger partial charge in [-0.25, -0.2) is 4.98 Å². The molecule has 6 heteroatoms. The first-order valence-corrected chi connectivity index (χ1v) is 10.6. The average Bonchev–Trinajstić information content (AvgIpc) is 2.73. The molecule has 3 aromatic rings. The second-order valence-electron chi connectivity index (χ2n) is 6.84. The van der Waals surface area contributed by atoms with Crippen LogP contribution in [0.25, 0.3) is 10.9 Å². The van der Waals surface area contributed by atoms with E-state index in [1.165, 1.54) is 17.3 Å². The number of fused-ring (bicyclic) bond motifs is 1. The van der Waals surface area contributed by atoms with Crippen LogP contribution < -0.4 is 10.9 Å². The molecule has 1 amide bonds. The van der Waals surface area contributed by atoms with Crippen LogP contribution >= 0.6 is 11.8 Å². The van der Waals surface area contributed by atoms with Gasteiger partial charge in [-0.05, 0) is 31.0 Å². The van der Waals surface area contributed by atoms with Crippen LogP contribution in [-0.2, 0) is 11.3 Å². The summed E-state index contributed by atoms with van der Waals surface area (Å²) < 4.78 is 1.56. The van der Waals surface area contributed by atoms with Crippen LogP contribution in [0.4, 0.5) is 0 Å². The summed E-state index contributed by atoms with van der Waals surface area (Å²) in [6.07, 6.45) is 2.46. The van der Waals surface area contributed by atoms with Gasteiger partial charge in [0.1, 0.15) is 0 Å². The number of carbonyl (C=O) groups excluding carboxylic acids is 1. The molecule has 3 rings (SSSR count). The highest BCUT2D eigenvalue weighted by Crippen LogP contribution is 2.20. The highest BCUT2D eigenvalue weighted by atomic mass is 32.2. The van der Waals surface area contributed by atoms with Gasteiger partial charge in [-0.1, -0.05) is 66.7 Å². The molecular formula is C23H25N3O2S. The van der Waals surface area contributed by atoms with Crippen LogP contribution in [0.1, 0.15) is 30.5 Å². The van der Waals surface area contributed by atoms with Crippen molar-refractivity contribution in [1.82, 2.24) is 14.9 Å². The van der Waals surface area contributed by atoms with Gasteiger partial charge < -0.3 is 5.32 Å². The Morgan fingerprint density at radius 1 is 1.24 bits per heavy atom. The summed E-state index contributed by atoms with van der Waals surface area (Å²) in [7, 11) is 0. The number of nitrogens with one attached hydrogen (secondary N) is 1. The highest BCUT2D eigenvalue weighted by molar-refractivity contribution is 7.99. The number of benzene rings is 2. The molecule has 5 nitrogen and oxygen atoms in total. The number of carbonyl (C=O) groups is 1. The molecule has 0 aliphatic rings. The van der Waals surface area contributed by atoms with Gasteiger partial charge in [-0.3, -0.25) is 14.2 Å². The summed E-state index contributed by atoms with van der Waals surface area (Å²) in [5.74, 6) is 0.0968. The fraction of sp³-hybridized carbons (Fsp3) is 0.261. The number of hydrogen-bond acceptors (Lipinski definition) is 4. The Kier molecular flexibility index (Phi) is 6.88. The second kappa shape index (κ2) is 9.56. The molecule has 0 saturated carbocycles. The lowest BCUT2D eigenvalue weighted by Gasteiger charge is -2.18. The van der Waals surface area contributed by atoms with E-state index >= 15 is 0 Å². The Morgan fingerprint density at radius 2 is 1.97 bits per heavy atom. The Hall–Kier alpha value is -2.86. The molecule has 1 N–H and O–H groups in total. The molecule has 1 aromatic heterocycles. The number of rotatable bonds is 8. The predicted octanol–water partition coefficient (Wildman–Crippen LogP) is 4.25. The van der Waals surface area contributed by atoms with E-state index in [1.54, 1.807) is 16.7 Å². The van der Waals surface area contributed by atoms with Gasteiger partial charge in [0.15, 0.2) is 5.16 Å². The number of allylic oxidation sites excluding steroid dienone is 1. The second-order valence-corrected chi connectivity index (χ2v) is 7.79. The first kappa shape index (κ1) is 20.9. The minimum Gasteiger partial charge on any atom is -0.349 e. The molecule has 0 radical (unpaired) electrons. The van der Waals surface area contributed by atoms with Gasteiger partial charge in [0.05, 0.1) is 22.7 Å². The minimum atomic E-state index is -0.121. The van der Waals surface area contributed by atoms with Gasteiger partial charge in [-0.2, -0.15) is 0 Å². The number of para-hydroxylation sites is 1. The maximum atomic E-state index is 12.8. The molecule has 1 heterocycles. The van der Waals surface area contributed by atoms with Crippen molar-refractivity contribution >= 4 is 28.6 Å². The van der Waals surface area contributed by atoms with Crippen molar-refractivity contribution in [2.45, 2.75) is 38.0 Å². The maximum Gasteiger partial charge on any atom is 0.262 e. The van der Waals surface area contributed by atoms with Gasteiger partial charge >= 0.3 is 0 Å². The standard InChI is InChI=1S/C23H25N3O2S/c1-4-14-26-22(28)18-8-6-7-9-20(18)25-23(26)29-15-21(27)24-19(5-2)17-12-10-16(3)11-13-17/h4,6-13,19H,1,5,14-15H2,2-3H3,(H,24,27)/t19-/m1/s1. The van der Waals surface area contributed by atoms with Crippen LogP contribution in [0, 0.1) is 6.92 Å². The van der Waals surface area contributed by atoms with Crippen LogP contribution in [0.3, 0.4) is 0 Å². The zero-order chi connectivity index (χ0) is 20.8. The lowest BCUT2D eigenvalue weighted by molar-refractivity contribution is -0.119. The molecule has 1 atom stereocenters. The number of hydrogen-bond donors (Lipinski definition) is 1. The third kappa shape index (κ3) is 4.95. The van der Waals surface area contributed by atoms with Crippen molar-refractivity contribution < 1.29 is 4.79 Å². The van der Waals surface area contributed by atoms with E-state index in [1.807, 2.05) is 56.3 Å². The quantitative estimate of drug-likeness (QED) is 0.344. The van der Waals surface area contributed by atoms with Crippen LogP contribution in [-0.4, -0.2) is 21.2 Å². The SMILES string of the molecule is C=CCn1c(SCC(=O)N[C@H](CC)c2ccc(C)cc2)nc2ccccc2c1=O. The van der Waals surface area contributed by atoms with E-state index in [2.05, 4.69) is 16.9 Å². The summed E-state index contributed by atoms with van der Waals surface area (Å²) in [6, 6.07) is 15.4. The molecule has 0 bridgehead atoms. The number of aromatic nitrogens is 2. The van der Waals surface area contributed by atoms with Crippen molar-refractivity contribution in [2.24, 2.45) is 0 Å². The van der Waals surface area contributed by atoms with Crippen molar-refractivity contribution in [3.63, 3.8) is 0 Å². The molecule has 150 valence electrons. The Bertz CT molecular complexity index is 1070. The number of amides is 1. The van der Waals surface area contributed by atoms with Crippen LogP contribution in [0.5, 0.6) is 0 Å². The van der Waals surface area contributed by atoms with E-state index in [-0.39, 0.29) is 23.3 Å². The summed E-state index contributed by atoms with van der Waals surface area (Å²) in [5, 5.41) is 4.16. The van der Waals surface area contributed by atoms with E-state index < -0.39 is 0 Å². The first-order chi connectivity index (χ1) is 14.0. The van der Waals surface area contributed by atoms with Crippen LogP contribution in [0.15, 0.2) is 71.1 Å². The molecule has 2 aromatic carbocycles. The molecule has 0 unspecified atom stereocenters. The third-order valence-electron chi connectivity index (χ3n) is 4.69. The lowest BCUT2D eigenvalue weighted by Crippen LogP contribution is -2.30. The molecule has 0 fully saturated rings. The third-order valence-corrected chi connectivity index (χ3v) is 5.67. The summed E-state index contributed by atoms with van der Waals surface area (Å²) in [4.78, 5) is 30.0. The number of nitrogens with zero attached hydrogens (tertiary/aromatic N) is 2. The molecule has 0 spiro atoms. The predicted molar refractivity (Wildman–Crippen MR) is 119 cm³/mol. The largest absolute Gasteiger partial charge is 0.349 e. The van der Waals surface area contributed by atoms with E-state index in [4.69, 9.17) is 0 Å². The fourth-order valence-electron chi connectivity index (χ4n) is 3.13. The van der Waals surface area contributed by atoms with Crippen LogP contribution in [0.2, 0.25) is 0 Å². The zero-order valence-electron chi connectivity index (χ0n) is 16.7. The molecule has 29 heavy (non-hydrogen) atoms. The van der Waals surface area contributed by atoms with Gasteiger partial charge in [0.2, 0.25) is 5.91 Å². The average molecular weight is 408 g/mol. The van der Waals surface area contributed by atoms with Gasteiger partial charge in [0, 0.05) is 6.54 Å². The molecule has 0 aliphatic heterocycles. The lowest BCUT2D eigenvalue weighted by atomic mass is 10.0. The van der Waals surface area contributed by atoms with E-state index in [0.717, 1.165) is 12.0 Å².